The predicted octanol–water partition coefficient (Wildman–Crippen LogP) is 2.50. The van der Waals surface area contributed by atoms with Gasteiger partial charge in [0.2, 0.25) is 0 Å². The van der Waals surface area contributed by atoms with Gasteiger partial charge < -0.3 is 5.32 Å². The molecule has 0 aliphatic heterocycles. The van der Waals surface area contributed by atoms with Crippen LogP contribution >= 0.6 is 0 Å². The van der Waals surface area contributed by atoms with Crippen molar-refractivity contribution in [1.29, 1.82) is 0 Å². The molecule has 1 fully saturated rings. The fourth-order valence-electron chi connectivity index (χ4n) is 3.49. The van der Waals surface area contributed by atoms with Crippen molar-refractivity contribution in [2.24, 2.45) is 0 Å². The Kier molecular flexibility index (Phi) is 4.45. The third-order valence-electron chi connectivity index (χ3n) is 4.84. The summed E-state index contributed by atoms with van der Waals surface area (Å²) in [5.41, 5.74) is 2.01. The molecule has 3 aromatic rings. The summed E-state index contributed by atoms with van der Waals surface area (Å²) in [5.74, 6) is 0.632. The minimum absolute atomic E-state index is 0.248. The van der Waals surface area contributed by atoms with Gasteiger partial charge in [-0.15, -0.1) is 5.10 Å². The Balaban J connectivity index is 1.59. The van der Waals surface area contributed by atoms with E-state index in [1.54, 1.807) is 4.68 Å². The number of hydrogen-bond donors (Lipinski definition) is 2. The topological polar surface area (TPSA) is 88.5 Å². The summed E-state index contributed by atoms with van der Waals surface area (Å²) < 4.78 is 1.68. The van der Waals surface area contributed by atoms with Crippen molar-refractivity contribution in [3.63, 3.8) is 0 Å². The third kappa shape index (κ3) is 3.40. The Morgan fingerprint density at radius 2 is 1.96 bits per heavy atom. The second kappa shape index (κ2) is 7.04. The summed E-state index contributed by atoms with van der Waals surface area (Å²) >= 11 is 0. The first-order valence-electron chi connectivity index (χ1n) is 8.93. The molecule has 0 saturated heterocycles. The molecule has 1 aliphatic carbocycles. The maximum atomic E-state index is 12.3. The molecular formula is C18H22N6O. The molecule has 0 radical (unpaired) electrons. The number of hydrogen-bond acceptors (Lipinski definition) is 5. The van der Waals surface area contributed by atoms with E-state index in [0.717, 1.165) is 19.3 Å². The molecule has 7 heteroatoms. The molecule has 1 aliphatic rings. The molecule has 1 aromatic carbocycles. The second-order valence-corrected chi connectivity index (χ2v) is 6.63. The minimum atomic E-state index is -0.248. The van der Waals surface area contributed by atoms with E-state index in [9.17, 15) is 4.79 Å². The number of fused-ring (bicyclic) bond motifs is 1. The van der Waals surface area contributed by atoms with Gasteiger partial charge in [0.1, 0.15) is 0 Å². The lowest BCUT2D eigenvalue weighted by atomic mass is 9.95. The molecule has 7 nitrogen and oxygen atoms in total. The van der Waals surface area contributed by atoms with Gasteiger partial charge in [0.05, 0.1) is 0 Å². The van der Waals surface area contributed by atoms with Crippen LogP contribution < -0.4 is 10.9 Å². The number of aromatic amines is 1. The lowest BCUT2D eigenvalue weighted by Gasteiger charge is -2.22. The van der Waals surface area contributed by atoms with E-state index in [4.69, 9.17) is 0 Å². The summed E-state index contributed by atoms with van der Waals surface area (Å²) in [6.07, 6.45) is 6.81. The van der Waals surface area contributed by atoms with Crippen molar-refractivity contribution in [2.45, 2.75) is 51.1 Å². The van der Waals surface area contributed by atoms with E-state index in [2.05, 4.69) is 38.0 Å². The number of H-pyrrole nitrogens is 1. The first-order valence-corrected chi connectivity index (χ1v) is 8.93. The Bertz CT molecular complexity index is 895. The first-order chi connectivity index (χ1) is 12.3. The highest BCUT2D eigenvalue weighted by Crippen LogP contribution is 2.23. The molecule has 0 unspecified atom stereocenters. The van der Waals surface area contributed by atoms with Crippen LogP contribution in [-0.2, 0) is 13.0 Å². The van der Waals surface area contributed by atoms with E-state index < -0.39 is 0 Å². The van der Waals surface area contributed by atoms with Crippen LogP contribution in [0.5, 0.6) is 0 Å². The molecule has 1 saturated carbocycles. The van der Waals surface area contributed by atoms with Crippen LogP contribution in [0.3, 0.4) is 0 Å². The smallest absolute Gasteiger partial charge is 0.292 e. The molecule has 2 N–H and O–H groups in total. The summed E-state index contributed by atoms with van der Waals surface area (Å²) in [6, 6.07) is 10.6. The Morgan fingerprint density at radius 3 is 2.76 bits per heavy atom. The number of benzene rings is 1. The van der Waals surface area contributed by atoms with E-state index in [1.807, 2.05) is 18.2 Å². The van der Waals surface area contributed by atoms with E-state index in [1.165, 1.54) is 24.8 Å². The largest absolute Gasteiger partial charge is 0.364 e. The summed E-state index contributed by atoms with van der Waals surface area (Å²) in [4.78, 5) is 12.3. The maximum Gasteiger partial charge on any atom is 0.292 e. The van der Waals surface area contributed by atoms with Gasteiger partial charge in [0.25, 0.3) is 5.56 Å². The molecule has 0 amide bonds. The molecule has 130 valence electrons. The number of nitrogens with one attached hydrogen (secondary N) is 2. The molecule has 2 aromatic heterocycles. The monoisotopic (exact) mass is 338 g/mol. The van der Waals surface area contributed by atoms with Crippen LogP contribution in [0.1, 0.15) is 37.7 Å². The number of anilines is 1. The lowest BCUT2D eigenvalue weighted by Crippen LogP contribution is -2.24. The van der Waals surface area contributed by atoms with Crippen LogP contribution in [0, 0.1) is 0 Å². The lowest BCUT2D eigenvalue weighted by molar-refractivity contribution is 0.461. The summed E-state index contributed by atoms with van der Waals surface area (Å²) in [7, 11) is 0. The van der Waals surface area contributed by atoms with Gasteiger partial charge in [-0.05, 0) is 24.8 Å². The minimum Gasteiger partial charge on any atom is -0.364 e. The number of aryl methyl sites for hydroxylation is 2. The van der Waals surface area contributed by atoms with Gasteiger partial charge in [-0.1, -0.05) is 54.8 Å². The molecule has 0 bridgehead atoms. The van der Waals surface area contributed by atoms with Crippen LogP contribution in [0.4, 0.5) is 5.82 Å². The van der Waals surface area contributed by atoms with Gasteiger partial charge in [-0.2, -0.15) is 5.10 Å². The van der Waals surface area contributed by atoms with Gasteiger partial charge >= 0.3 is 0 Å². The number of nitrogens with zero attached hydrogens (tertiary/aromatic N) is 4. The highest BCUT2D eigenvalue weighted by molar-refractivity contribution is 5.84. The quantitative estimate of drug-likeness (QED) is 0.746. The van der Waals surface area contributed by atoms with Crippen LogP contribution in [0.2, 0.25) is 0 Å². The zero-order chi connectivity index (χ0) is 17.1. The van der Waals surface area contributed by atoms with Crippen molar-refractivity contribution >= 4 is 16.9 Å². The molecule has 4 rings (SSSR count). The highest BCUT2D eigenvalue weighted by atomic mass is 16.1. The van der Waals surface area contributed by atoms with Crippen molar-refractivity contribution in [3.05, 3.63) is 46.2 Å². The molecule has 0 atom stereocenters. The van der Waals surface area contributed by atoms with Crippen molar-refractivity contribution < 1.29 is 0 Å². The Morgan fingerprint density at radius 1 is 1.16 bits per heavy atom. The summed E-state index contributed by atoms with van der Waals surface area (Å²) in [6.45, 7) is 0.608. The standard InChI is InChI=1S/C18H22N6O/c25-18-16-15(17(21-22-18)19-14-9-5-2-6-10-14)20-23-24(16)12-11-13-7-3-1-4-8-13/h1,3-4,7-8,14H,2,5-6,9-12H2,(H,19,21)(H,22,25). The molecular weight excluding hydrogens is 316 g/mol. The normalized spacial score (nSPS) is 15.5. The zero-order valence-electron chi connectivity index (χ0n) is 14.1. The van der Waals surface area contributed by atoms with Crippen molar-refractivity contribution in [2.75, 3.05) is 5.32 Å². The Hall–Kier alpha value is -2.70. The van der Waals surface area contributed by atoms with E-state index in [-0.39, 0.29) is 5.56 Å². The predicted molar refractivity (Wildman–Crippen MR) is 96.6 cm³/mol. The van der Waals surface area contributed by atoms with Gasteiger partial charge in [-0.3, -0.25) is 4.79 Å². The highest BCUT2D eigenvalue weighted by Gasteiger charge is 2.19. The molecule has 25 heavy (non-hydrogen) atoms. The fourth-order valence-corrected chi connectivity index (χ4v) is 3.49. The first kappa shape index (κ1) is 15.8. The van der Waals surface area contributed by atoms with Gasteiger partial charge in [0.15, 0.2) is 16.9 Å². The van der Waals surface area contributed by atoms with E-state index in [0.29, 0.717) is 29.4 Å². The number of aromatic nitrogens is 5. The van der Waals surface area contributed by atoms with Crippen LogP contribution in [-0.4, -0.2) is 31.2 Å². The average molecular weight is 338 g/mol. The van der Waals surface area contributed by atoms with Crippen LogP contribution in [0.25, 0.3) is 11.0 Å². The van der Waals surface area contributed by atoms with Crippen molar-refractivity contribution in [3.8, 4) is 0 Å². The average Bonchev–Trinajstić information content (AvgIpc) is 3.09. The second-order valence-electron chi connectivity index (χ2n) is 6.63. The molecule has 2 heterocycles. The van der Waals surface area contributed by atoms with Gasteiger partial charge in [-0.25, -0.2) is 9.78 Å². The SMILES string of the molecule is O=c1[nH]nc(NC2CCCCC2)c2nnn(CCc3ccccc3)c12. The van der Waals surface area contributed by atoms with Crippen molar-refractivity contribution in [1.82, 2.24) is 25.2 Å². The number of rotatable bonds is 5. The summed E-state index contributed by atoms with van der Waals surface area (Å²) in [5, 5.41) is 18.6. The van der Waals surface area contributed by atoms with Crippen LogP contribution in [0.15, 0.2) is 35.1 Å². The molecule has 0 spiro atoms. The van der Waals surface area contributed by atoms with Gasteiger partial charge in [0, 0.05) is 12.6 Å². The zero-order valence-corrected chi connectivity index (χ0v) is 14.1. The van der Waals surface area contributed by atoms with E-state index >= 15 is 0 Å². The fraction of sp³-hybridized carbons (Fsp3) is 0.444. The third-order valence-corrected chi connectivity index (χ3v) is 4.84. The Labute approximate surface area is 145 Å². The maximum absolute atomic E-state index is 12.3.